The van der Waals surface area contributed by atoms with E-state index in [1.54, 1.807) is 13.8 Å². The van der Waals surface area contributed by atoms with E-state index in [0.29, 0.717) is 6.54 Å². The van der Waals surface area contributed by atoms with Gasteiger partial charge in [0.25, 0.3) is 6.43 Å². The van der Waals surface area contributed by atoms with Crippen LogP contribution in [0.5, 0.6) is 0 Å². The maximum Gasteiger partial charge on any atom is 0.250 e. The van der Waals surface area contributed by atoms with Gasteiger partial charge in [0.2, 0.25) is 5.91 Å². The predicted molar refractivity (Wildman–Crippen MR) is 138 cm³/mol. The minimum atomic E-state index is -2.32. The molecule has 1 fully saturated rings. The highest BCUT2D eigenvalue weighted by Gasteiger charge is 2.29. The van der Waals surface area contributed by atoms with E-state index in [4.69, 9.17) is 11.5 Å². The molecule has 1 saturated carbocycles. The van der Waals surface area contributed by atoms with Gasteiger partial charge in [-0.25, -0.2) is 8.78 Å². The topological polar surface area (TPSA) is 93.2 Å². The highest BCUT2D eigenvalue weighted by molar-refractivity contribution is 5.81. The van der Waals surface area contributed by atoms with Crippen molar-refractivity contribution in [2.45, 2.75) is 64.6 Å². The Balaban J connectivity index is 0.000000269. The van der Waals surface area contributed by atoms with Crippen LogP contribution in [0.4, 0.5) is 8.78 Å². The van der Waals surface area contributed by atoms with Crippen molar-refractivity contribution in [1.29, 1.82) is 0 Å². The molecular weight excluding hydrogens is 446 g/mol. The first-order chi connectivity index (χ1) is 16.5. The first-order valence-electron chi connectivity index (χ1n) is 11.7. The zero-order valence-electron chi connectivity index (χ0n) is 20.7. The molecule has 0 aliphatic heterocycles. The molecule has 1 atom stereocenters. The molecule has 2 aromatic rings. The van der Waals surface area contributed by atoms with E-state index < -0.39 is 23.9 Å². The maximum atomic E-state index is 12.0. The van der Waals surface area contributed by atoms with Crippen LogP contribution in [0.3, 0.4) is 0 Å². The average Bonchev–Trinajstić information content (AvgIpc) is 2.75. The molecule has 35 heavy (non-hydrogen) atoms. The summed E-state index contributed by atoms with van der Waals surface area (Å²) in [6, 6.07) is 15.1. The van der Waals surface area contributed by atoms with Gasteiger partial charge in [0, 0.05) is 23.2 Å². The van der Waals surface area contributed by atoms with E-state index in [-0.39, 0.29) is 6.54 Å². The van der Waals surface area contributed by atoms with Crippen LogP contribution in [0.15, 0.2) is 60.3 Å². The van der Waals surface area contributed by atoms with Crippen LogP contribution in [-0.4, -0.2) is 30.5 Å². The normalized spacial score (nSPS) is 13.5. The van der Waals surface area contributed by atoms with E-state index in [0.717, 1.165) is 29.5 Å². The van der Waals surface area contributed by atoms with Crippen molar-refractivity contribution in [2.24, 2.45) is 11.5 Å². The SMILES string of the molecule is CC(C)(N)C(NC=C1CCC1)C(N)=O.Cc1ccc(C#Cc2ccc(CNCC(F)F)cc2)cc1. The lowest BCUT2D eigenvalue weighted by Gasteiger charge is -2.29. The van der Waals surface area contributed by atoms with Gasteiger partial charge >= 0.3 is 0 Å². The van der Waals surface area contributed by atoms with Crippen molar-refractivity contribution in [3.63, 3.8) is 0 Å². The molecule has 1 amide bonds. The smallest absolute Gasteiger partial charge is 0.250 e. The van der Waals surface area contributed by atoms with Crippen molar-refractivity contribution in [1.82, 2.24) is 10.6 Å². The molecule has 3 rings (SSSR count). The number of alkyl halides is 2. The Hall–Kier alpha value is -3.21. The van der Waals surface area contributed by atoms with Crippen LogP contribution in [0.25, 0.3) is 0 Å². The third-order valence-corrected chi connectivity index (χ3v) is 5.46. The number of carbonyl (C=O) groups is 1. The number of benzene rings is 2. The second-order valence-corrected chi connectivity index (χ2v) is 9.31. The summed E-state index contributed by atoms with van der Waals surface area (Å²) in [4.78, 5) is 11.1. The summed E-state index contributed by atoms with van der Waals surface area (Å²) in [6.45, 7) is 5.77. The van der Waals surface area contributed by atoms with Crippen molar-refractivity contribution < 1.29 is 13.6 Å². The molecule has 0 aromatic heterocycles. The van der Waals surface area contributed by atoms with Gasteiger partial charge in [0.1, 0.15) is 6.04 Å². The van der Waals surface area contributed by atoms with Gasteiger partial charge in [-0.3, -0.25) is 4.79 Å². The highest BCUT2D eigenvalue weighted by atomic mass is 19.3. The quantitative estimate of drug-likeness (QED) is 0.428. The lowest BCUT2D eigenvalue weighted by molar-refractivity contribution is -0.121. The van der Waals surface area contributed by atoms with Gasteiger partial charge < -0.3 is 22.1 Å². The molecule has 0 saturated heterocycles. The fourth-order valence-electron chi connectivity index (χ4n) is 3.20. The number of primary amides is 1. The molecule has 7 heteroatoms. The molecule has 2 aromatic carbocycles. The Labute approximate surface area is 207 Å². The number of nitrogens with one attached hydrogen (secondary N) is 2. The standard InChI is InChI=1S/C18H17F2N.C10H19N3O/c1-14-2-4-15(5-3-14)6-7-16-8-10-17(11-9-16)12-21-13-18(19)20;1-10(2,12)8(9(11)14)13-6-7-4-3-5-7/h2-5,8-11,18,21H,12-13H2,1H3;6,8,13H,3-5,12H2,1-2H3,(H2,11,14). The van der Waals surface area contributed by atoms with Crippen molar-refractivity contribution in [3.05, 3.63) is 82.6 Å². The summed E-state index contributed by atoms with van der Waals surface area (Å²) in [5.74, 6) is 5.78. The van der Waals surface area contributed by atoms with Crippen molar-refractivity contribution in [2.75, 3.05) is 6.54 Å². The van der Waals surface area contributed by atoms with Crippen LogP contribution in [0, 0.1) is 18.8 Å². The number of halogens is 2. The minimum absolute atomic E-state index is 0.283. The van der Waals surface area contributed by atoms with Gasteiger partial charge in [0.05, 0.1) is 6.54 Å². The number of hydrogen-bond acceptors (Lipinski definition) is 4. The number of nitrogens with two attached hydrogens (primary N) is 2. The van der Waals surface area contributed by atoms with Gasteiger partial charge in [-0.2, -0.15) is 0 Å². The number of hydrogen-bond donors (Lipinski definition) is 4. The molecule has 0 heterocycles. The second-order valence-electron chi connectivity index (χ2n) is 9.31. The van der Waals surface area contributed by atoms with Crippen molar-refractivity contribution in [3.8, 4) is 11.8 Å². The molecule has 1 aliphatic rings. The number of allylic oxidation sites excluding steroid dienone is 1. The van der Waals surface area contributed by atoms with E-state index in [2.05, 4.69) is 22.5 Å². The molecule has 6 N–H and O–H groups in total. The lowest BCUT2D eigenvalue weighted by atomic mass is 9.92. The molecule has 0 radical (unpaired) electrons. The van der Waals surface area contributed by atoms with Gasteiger partial charge in [-0.05, 0) is 76.1 Å². The molecule has 1 unspecified atom stereocenters. The summed E-state index contributed by atoms with van der Waals surface area (Å²) in [6.07, 6.45) is 3.03. The Morgan fingerprint density at radius 1 is 1.06 bits per heavy atom. The summed E-state index contributed by atoms with van der Waals surface area (Å²) in [5.41, 5.74) is 15.9. The summed E-state index contributed by atoms with van der Waals surface area (Å²) in [5, 5.41) is 5.70. The number of amides is 1. The van der Waals surface area contributed by atoms with E-state index in [9.17, 15) is 13.6 Å². The van der Waals surface area contributed by atoms with Crippen LogP contribution < -0.4 is 22.1 Å². The Bertz CT molecular complexity index is 1020. The predicted octanol–water partition coefficient (Wildman–Crippen LogP) is 3.98. The van der Waals surface area contributed by atoms with Crippen LogP contribution >= 0.6 is 0 Å². The third-order valence-electron chi connectivity index (χ3n) is 5.46. The zero-order chi connectivity index (χ0) is 25.8. The lowest BCUT2D eigenvalue weighted by Crippen LogP contribution is -2.58. The molecule has 188 valence electrons. The monoisotopic (exact) mass is 482 g/mol. The third kappa shape index (κ3) is 10.7. The van der Waals surface area contributed by atoms with Crippen LogP contribution in [0.2, 0.25) is 0 Å². The Morgan fingerprint density at radius 2 is 1.60 bits per heavy atom. The molecular formula is C28H36F2N4O. The van der Waals surface area contributed by atoms with Crippen LogP contribution in [-0.2, 0) is 11.3 Å². The first-order valence-corrected chi connectivity index (χ1v) is 11.7. The zero-order valence-corrected chi connectivity index (χ0v) is 20.7. The Morgan fingerprint density at radius 3 is 2.03 bits per heavy atom. The van der Waals surface area contributed by atoms with Gasteiger partial charge in [-0.15, -0.1) is 0 Å². The number of aryl methyl sites for hydroxylation is 1. The largest absolute Gasteiger partial charge is 0.378 e. The summed E-state index contributed by atoms with van der Waals surface area (Å²) >= 11 is 0. The molecule has 0 bridgehead atoms. The maximum absolute atomic E-state index is 12.0. The minimum Gasteiger partial charge on any atom is -0.378 e. The fourth-order valence-corrected chi connectivity index (χ4v) is 3.20. The Kier molecular flexibility index (Phi) is 10.9. The summed E-state index contributed by atoms with van der Waals surface area (Å²) < 4.78 is 24.0. The molecule has 0 spiro atoms. The van der Waals surface area contributed by atoms with Gasteiger partial charge in [0.15, 0.2) is 0 Å². The number of carbonyl (C=O) groups excluding carboxylic acids is 1. The average molecular weight is 483 g/mol. The molecule has 5 nitrogen and oxygen atoms in total. The highest BCUT2D eigenvalue weighted by Crippen LogP contribution is 2.24. The van der Waals surface area contributed by atoms with E-state index in [1.165, 1.54) is 17.6 Å². The van der Waals surface area contributed by atoms with Crippen LogP contribution in [0.1, 0.15) is 55.4 Å². The van der Waals surface area contributed by atoms with Gasteiger partial charge in [-0.1, -0.05) is 47.2 Å². The number of rotatable bonds is 8. The van der Waals surface area contributed by atoms with E-state index >= 15 is 0 Å². The van der Waals surface area contributed by atoms with E-state index in [1.807, 2.05) is 61.7 Å². The fraction of sp³-hybridized carbons (Fsp3) is 0.393. The first kappa shape index (κ1) is 28.0. The molecule has 1 aliphatic carbocycles. The van der Waals surface area contributed by atoms with Crippen molar-refractivity contribution >= 4 is 5.91 Å². The second kappa shape index (κ2) is 13.6. The summed E-state index contributed by atoms with van der Waals surface area (Å²) in [7, 11) is 0.